The van der Waals surface area contributed by atoms with Crippen LogP contribution in [0.3, 0.4) is 0 Å². The van der Waals surface area contributed by atoms with Crippen LogP contribution in [0.2, 0.25) is 0 Å². The molecule has 0 saturated heterocycles. The third-order valence-electron chi connectivity index (χ3n) is 13.7. The van der Waals surface area contributed by atoms with Crippen molar-refractivity contribution in [3.63, 3.8) is 0 Å². The van der Waals surface area contributed by atoms with Gasteiger partial charge in [-0.2, -0.15) is 0 Å². The molecule has 0 spiro atoms. The number of aliphatic carboxylic acids is 1. The SMILES string of the molecule is C=C(CCC(C)C1CCC2(C)C3=CCC4C(C)(CCC(OC(=O)CC(C)(O)CC(=O)OC)C4(C)C)C3=CC(OC)C12C)C(C)C(=O)O. The Balaban J connectivity index is 1.58. The Morgan fingerprint density at radius 2 is 1.66 bits per heavy atom. The van der Waals surface area contributed by atoms with E-state index in [0.717, 1.165) is 37.7 Å². The molecule has 264 valence electrons. The summed E-state index contributed by atoms with van der Waals surface area (Å²) in [6, 6.07) is 0. The van der Waals surface area contributed by atoms with E-state index < -0.39 is 29.4 Å². The first-order valence-corrected chi connectivity index (χ1v) is 17.5. The average Bonchev–Trinajstić information content (AvgIpc) is 3.27. The fourth-order valence-corrected chi connectivity index (χ4v) is 10.4. The van der Waals surface area contributed by atoms with Crippen LogP contribution in [0.1, 0.15) is 113 Å². The molecular formula is C39H60O8. The Labute approximate surface area is 282 Å². The summed E-state index contributed by atoms with van der Waals surface area (Å²) in [6.07, 6.45) is 10.2. The minimum atomic E-state index is -1.54. The monoisotopic (exact) mass is 656 g/mol. The molecule has 2 N–H and O–H groups in total. The highest BCUT2D eigenvalue weighted by Crippen LogP contribution is 2.72. The third kappa shape index (κ3) is 6.38. The smallest absolute Gasteiger partial charge is 0.310 e. The van der Waals surface area contributed by atoms with Crippen LogP contribution in [0.25, 0.3) is 0 Å². The zero-order valence-electron chi connectivity index (χ0n) is 30.5. The molecule has 0 amide bonds. The van der Waals surface area contributed by atoms with Gasteiger partial charge in [-0.1, -0.05) is 65.8 Å². The van der Waals surface area contributed by atoms with Crippen LogP contribution >= 0.6 is 0 Å². The molecule has 0 aromatic heterocycles. The summed E-state index contributed by atoms with van der Waals surface area (Å²) in [5.74, 6) is -1.39. The van der Waals surface area contributed by atoms with E-state index >= 15 is 0 Å². The van der Waals surface area contributed by atoms with Crippen LogP contribution in [-0.2, 0) is 28.6 Å². The molecule has 0 aromatic rings. The van der Waals surface area contributed by atoms with Gasteiger partial charge in [-0.25, -0.2) is 0 Å². The Morgan fingerprint density at radius 1 is 1.02 bits per heavy atom. The molecule has 10 unspecified atom stereocenters. The number of carboxylic acid groups (broad SMARTS) is 1. The minimum Gasteiger partial charge on any atom is -0.481 e. The predicted octanol–water partition coefficient (Wildman–Crippen LogP) is 7.45. The summed E-state index contributed by atoms with van der Waals surface area (Å²) in [5.41, 5.74) is 1.44. The Morgan fingerprint density at radius 3 is 2.26 bits per heavy atom. The maximum absolute atomic E-state index is 13.1. The van der Waals surface area contributed by atoms with Gasteiger partial charge in [0.25, 0.3) is 0 Å². The lowest BCUT2D eigenvalue weighted by molar-refractivity contribution is -0.173. The van der Waals surface area contributed by atoms with E-state index in [1.54, 1.807) is 6.92 Å². The van der Waals surface area contributed by atoms with Gasteiger partial charge in [0.2, 0.25) is 0 Å². The van der Waals surface area contributed by atoms with Crippen LogP contribution in [0, 0.1) is 45.3 Å². The summed E-state index contributed by atoms with van der Waals surface area (Å²) in [7, 11) is 3.09. The molecule has 10 atom stereocenters. The molecule has 2 fully saturated rings. The van der Waals surface area contributed by atoms with E-state index in [9.17, 15) is 24.6 Å². The fraction of sp³-hybridized carbons (Fsp3) is 0.769. The van der Waals surface area contributed by atoms with Gasteiger partial charge in [-0.3, -0.25) is 14.4 Å². The molecule has 4 rings (SSSR count). The van der Waals surface area contributed by atoms with Gasteiger partial charge in [0.15, 0.2) is 0 Å². The van der Waals surface area contributed by atoms with Crippen molar-refractivity contribution in [3.05, 3.63) is 35.5 Å². The van der Waals surface area contributed by atoms with Gasteiger partial charge >= 0.3 is 17.9 Å². The highest BCUT2D eigenvalue weighted by atomic mass is 16.5. The van der Waals surface area contributed by atoms with Crippen molar-refractivity contribution in [1.82, 2.24) is 0 Å². The molecule has 8 heteroatoms. The molecule has 0 radical (unpaired) electrons. The summed E-state index contributed by atoms with van der Waals surface area (Å²) in [5, 5.41) is 20.1. The van der Waals surface area contributed by atoms with Crippen molar-refractivity contribution in [3.8, 4) is 0 Å². The lowest BCUT2D eigenvalue weighted by Gasteiger charge is -2.62. The van der Waals surface area contributed by atoms with Gasteiger partial charge < -0.3 is 24.4 Å². The quantitative estimate of drug-likeness (QED) is 0.164. The number of fused-ring (bicyclic) bond motifs is 5. The maximum atomic E-state index is 13.1. The number of hydrogen-bond acceptors (Lipinski definition) is 7. The van der Waals surface area contributed by atoms with Gasteiger partial charge in [0.1, 0.15) is 6.10 Å². The fourth-order valence-electron chi connectivity index (χ4n) is 10.4. The Hall–Kier alpha value is -2.45. The third-order valence-corrected chi connectivity index (χ3v) is 13.7. The minimum absolute atomic E-state index is 0.0676. The van der Waals surface area contributed by atoms with Crippen LogP contribution in [0.15, 0.2) is 35.5 Å². The number of ether oxygens (including phenoxy) is 3. The molecular weight excluding hydrogens is 596 g/mol. The van der Waals surface area contributed by atoms with Crippen molar-refractivity contribution < 1.29 is 38.8 Å². The van der Waals surface area contributed by atoms with Crippen molar-refractivity contribution in [2.45, 2.75) is 131 Å². The van der Waals surface area contributed by atoms with E-state index in [2.05, 4.69) is 65.0 Å². The Kier molecular flexibility index (Phi) is 10.4. The lowest BCUT2D eigenvalue weighted by atomic mass is 9.43. The van der Waals surface area contributed by atoms with Crippen LogP contribution in [0.4, 0.5) is 0 Å². The summed E-state index contributed by atoms with van der Waals surface area (Å²) in [6.45, 7) is 21.3. The number of allylic oxidation sites excluding steroid dienone is 3. The van der Waals surface area contributed by atoms with Crippen molar-refractivity contribution in [2.24, 2.45) is 45.3 Å². The van der Waals surface area contributed by atoms with Crippen molar-refractivity contribution in [1.29, 1.82) is 0 Å². The normalized spacial score (nSPS) is 36.7. The van der Waals surface area contributed by atoms with Gasteiger partial charge in [0.05, 0.1) is 37.6 Å². The van der Waals surface area contributed by atoms with Crippen LogP contribution in [0.5, 0.6) is 0 Å². The van der Waals surface area contributed by atoms with Crippen LogP contribution < -0.4 is 0 Å². The zero-order valence-corrected chi connectivity index (χ0v) is 30.5. The predicted molar refractivity (Wildman–Crippen MR) is 181 cm³/mol. The van der Waals surface area contributed by atoms with Crippen molar-refractivity contribution in [2.75, 3.05) is 14.2 Å². The van der Waals surface area contributed by atoms with Gasteiger partial charge in [-0.15, -0.1) is 0 Å². The second kappa shape index (κ2) is 13.1. The molecule has 2 saturated carbocycles. The first-order chi connectivity index (χ1) is 21.7. The molecule has 4 aliphatic rings. The largest absolute Gasteiger partial charge is 0.481 e. The topological polar surface area (TPSA) is 119 Å². The first-order valence-electron chi connectivity index (χ1n) is 17.5. The maximum Gasteiger partial charge on any atom is 0.310 e. The second-order valence-corrected chi connectivity index (χ2v) is 16.8. The number of aliphatic hydroxyl groups is 1. The molecule has 47 heavy (non-hydrogen) atoms. The number of carbonyl (C=O) groups excluding carboxylic acids is 2. The zero-order chi connectivity index (χ0) is 35.3. The average molecular weight is 657 g/mol. The summed E-state index contributed by atoms with van der Waals surface area (Å²) in [4.78, 5) is 36.3. The number of hydrogen-bond donors (Lipinski definition) is 2. The van der Waals surface area contributed by atoms with E-state index in [-0.39, 0.29) is 52.6 Å². The van der Waals surface area contributed by atoms with Crippen molar-refractivity contribution >= 4 is 17.9 Å². The first kappa shape index (κ1) is 37.4. The summed E-state index contributed by atoms with van der Waals surface area (Å²) < 4.78 is 17.2. The number of methoxy groups -OCH3 is 2. The number of carboxylic acids is 1. The molecule has 0 aromatic carbocycles. The number of rotatable bonds is 12. The highest BCUT2D eigenvalue weighted by Gasteiger charge is 2.66. The van der Waals surface area contributed by atoms with Gasteiger partial charge in [-0.05, 0) is 93.1 Å². The molecule has 0 aliphatic heterocycles. The van der Waals surface area contributed by atoms with E-state index in [1.165, 1.54) is 25.2 Å². The van der Waals surface area contributed by atoms with E-state index in [4.69, 9.17) is 9.47 Å². The molecule has 4 aliphatic carbocycles. The number of esters is 2. The van der Waals surface area contributed by atoms with E-state index in [1.807, 2.05) is 7.11 Å². The highest BCUT2D eigenvalue weighted by molar-refractivity contribution is 5.75. The van der Waals surface area contributed by atoms with E-state index in [0.29, 0.717) is 24.7 Å². The lowest BCUT2D eigenvalue weighted by Crippen LogP contribution is -2.58. The molecule has 0 heterocycles. The van der Waals surface area contributed by atoms with Gasteiger partial charge in [0, 0.05) is 23.4 Å². The Bertz CT molecular complexity index is 1320. The number of carbonyl (C=O) groups is 3. The summed E-state index contributed by atoms with van der Waals surface area (Å²) >= 11 is 0. The second-order valence-electron chi connectivity index (χ2n) is 16.8. The standard InChI is InChI=1S/C39H60O8/c1-23(25(3)34(42)43)12-13-24(2)26-16-19-38(8)27-14-15-29-35(4,5)30(47-33(41)22-36(6,44)21-32(40)46-11)17-18-37(29,7)28(27)20-31(45-10)39(26,38)9/h14,20,24-26,29-31,44H,1,12-13,15-19,21-22H2,2-11H3,(H,42,43). The molecule has 8 nitrogen and oxygen atoms in total. The van der Waals surface area contributed by atoms with Crippen LogP contribution in [-0.4, -0.2) is 60.1 Å². The molecule has 0 bridgehead atoms.